The number of benzene rings is 1. The molecule has 0 unspecified atom stereocenters. The van der Waals surface area contributed by atoms with Gasteiger partial charge in [0.2, 0.25) is 0 Å². The van der Waals surface area contributed by atoms with Gasteiger partial charge in [-0.2, -0.15) is 0 Å². The summed E-state index contributed by atoms with van der Waals surface area (Å²) in [5, 5.41) is 1.42. The molecule has 0 atom stereocenters. The van der Waals surface area contributed by atoms with E-state index in [-0.39, 0.29) is 5.41 Å². The average molecular weight is 270 g/mol. The number of nitrogens with two attached hydrogens (primary N) is 1. The summed E-state index contributed by atoms with van der Waals surface area (Å²) in [5.74, 6) is 0.553. The van der Waals surface area contributed by atoms with Crippen LogP contribution in [-0.4, -0.2) is 11.1 Å². The van der Waals surface area contributed by atoms with Crippen LogP contribution >= 0.6 is 0 Å². The molecular formula is C18H26N2. The molecule has 0 aliphatic heterocycles. The first-order chi connectivity index (χ1) is 9.59. The van der Waals surface area contributed by atoms with Crippen LogP contribution in [0.5, 0.6) is 0 Å². The largest absolute Gasteiger partial charge is 0.350 e. The smallest absolute Gasteiger partial charge is 0.0515 e. The van der Waals surface area contributed by atoms with Crippen molar-refractivity contribution < 1.29 is 0 Å². The summed E-state index contributed by atoms with van der Waals surface area (Å²) in [6, 6.07) is 6.76. The first-order valence-electron chi connectivity index (χ1n) is 7.87. The zero-order valence-electron chi connectivity index (χ0n) is 12.9. The summed E-state index contributed by atoms with van der Waals surface area (Å²) in [7, 11) is 2.18. The monoisotopic (exact) mass is 270 g/mol. The predicted molar refractivity (Wildman–Crippen MR) is 86.2 cm³/mol. The minimum Gasteiger partial charge on any atom is -0.350 e. The maximum atomic E-state index is 6.19. The summed E-state index contributed by atoms with van der Waals surface area (Å²) < 4.78 is 2.32. The van der Waals surface area contributed by atoms with Gasteiger partial charge < -0.3 is 10.3 Å². The van der Waals surface area contributed by atoms with Crippen molar-refractivity contribution in [1.29, 1.82) is 0 Å². The minimum atomic E-state index is 0.217. The van der Waals surface area contributed by atoms with E-state index in [0.717, 1.165) is 6.54 Å². The standard InChI is InChI=1S/C18H26N2/c1-13(2)14-7-6-8-15-16(11-20(3)17(14)15)18(12-19)9-4-5-10-18/h6-8,11,13H,4-5,9-10,12,19H2,1-3H3. The molecule has 1 heterocycles. The van der Waals surface area contributed by atoms with Crippen LogP contribution in [0.2, 0.25) is 0 Å². The third kappa shape index (κ3) is 1.89. The highest BCUT2D eigenvalue weighted by atomic mass is 14.9. The van der Waals surface area contributed by atoms with E-state index in [1.165, 1.54) is 47.7 Å². The lowest BCUT2D eigenvalue weighted by Crippen LogP contribution is -2.31. The van der Waals surface area contributed by atoms with Gasteiger partial charge in [0.25, 0.3) is 0 Å². The lowest BCUT2D eigenvalue weighted by atomic mass is 9.78. The molecular weight excluding hydrogens is 244 g/mol. The van der Waals surface area contributed by atoms with Crippen molar-refractivity contribution >= 4 is 10.9 Å². The van der Waals surface area contributed by atoms with Gasteiger partial charge in [-0.25, -0.2) is 0 Å². The summed E-state index contributed by atoms with van der Waals surface area (Å²) in [5.41, 5.74) is 10.7. The van der Waals surface area contributed by atoms with E-state index in [1.807, 2.05) is 0 Å². The second-order valence-corrected chi connectivity index (χ2v) is 6.74. The molecule has 2 nitrogen and oxygen atoms in total. The molecule has 2 aromatic rings. The Hall–Kier alpha value is -1.28. The SMILES string of the molecule is CC(C)c1cccc2c(C3(CN)CCCC3)cn(C)c12. The number of rotatable bonds is 3. The Morgan fingerprint density at radius 1 is 1.25 bits per heavy atom. The number of nitrogens with zero attached hydrogens (tertiary/aromatic N) is 1. The fourth-order valence-electron chi connectivity index (χ4n) is 4.02. The Bertz CT molecular complexity index is 616. The van der Waals surface area contributed by atoms with Crippen molar-refractivity contribution in [2.24, 2.45) is 12.8 Å². The van der Waals surface area contributed by atoms with E-state index in [4.69, 9.17) is 5.73 Å². The zero-order valence-corrected chi connectivity index (χ0v) is 12.9. The molecule has 0 saturated heterocycles. The molecule has 2 N–H and O–H groups in total. The van der Waals surface area contributed by atoms with Crippen molar-refractivity contribution in [3.8, 4) is 0 Å². The third-order valence-corrected chi connectivity index (χ3v) is 5.18. The van der Waals surface area contributed by atoms with Gasteiger partial charge in [-0.1, -0.05) is 44.9 Å². The Morgan fingerprint density at radius 3 is 2.55 bits per heavy atom. The maximum absolute atomic E-state index is 6.19. The van der Waals surface area contributed by atoms with Crippen molar-refractivity contribution in [1.82, 2.24) is 4.57 Å². The molecule has 1 aliphatic rings. The fourth-order valence-corrected chi connectivity index (χ4v) is 4.02. The second kappa shape index (κ2) is 4.92. The summed E-state index contributed by atoms with van der Waals surface area (Å²) >= 11 is 0. The van der Waals surface area contributed by atoms with Crippen LogP contribution in [-0.2, 0) is 12.5 Å². The molecule has 3 rings (SSSR count). The fraction of sp³-hybridized carbons (Fsp3) is 0.556. The first-order valence-corrected chi connectivity index (χ1v) is 7.87. The molecule has 1 aromatic heterocycles. The molecule has 0 spiro atoms. The van der Waals surface area contributed by atoms with Gasteiger partial charge in [-0.3, -0.25) is 0 Å². The molecule has 2 heteroatoms. The lowest BCUT2D eigenvalue weighted by molar-refractivity contribution is 0.456. The van der Waals surface area contributed by atoms with Crippen molar-refractivity contribution in [3.63, 3.8) is 0 Å². The van der Waals surface area contributed by atoms with E-state index in [0.29, 0.717) is 5.92 Å². The molecule has 108 valence electrons. The topological polar surface area (TPSA) is 30.9 Å². The molecule has 1 saturated carbocycles. The maximum Gasteiger partial charge on any atom is 0.0515 e. The Morgan fingerprint density at radius 2 is 1.95 bits per heavy atom. The summed E-state index contributed by atoms with van der Waals surface area (Å²) in [6.45, 7) is 5.32. The number of aromatic nitrogens is 1. The van der Waals surface area contributed by atoms with Crippen molar-refractivity contribution in [2.45, 2.75) is 50.9 Å². The Labute approximate surface area is 122 Å². The Kier molecular flexibility index (Phi) is 3.37. The van der Waals surface area contributed by atoms with Gasteiger partial charge in [0.1, 0.15) is 0 Å². The number of hydrogen-bond acceptors (Lipinski definition) is 1. The van der Waals surface area contributed by atoms with E-state index >= 15 is 0 Å². The Balaban J connectivity index is 2.26. The highest BCUT2D eigenvalue weighted by Crippen LogP contribution is 2.44. The van der Waals surface area contributed by atoms with Gasteiger partial charge in [0, 0.05) is 30.6 Å². The van der Waals surface area contributed by atoms with Crippen LogP contribution in [0.3, 0.4) is 0 Å². The van der Waals surface area contributed by atoms with Gasteiger partial charge in [-0.05, 0) is 29.9 Å². The summed E-state index contributed by atoms with van der Waals surface area (Å²) in [4.78, 5) is 0. The van der Waals surface area contributed by atoms with Crippen molar-refractivity contribution in [3.05, 3.63) is 35.5 Å². The molecule has 0 bridgehead atoms. The van der Waals surface area contributed by atoms with E-state index in [9.17, 15) is 0 Å². The highest BCUT2D eigenvalue weighted by Gasteiger charge is 2.36. The molecule has 20 heavy (non-hydrogen) atoms. The van der Waals surface area contributed by atoms with Crippen LogP contribution < -0.4 is 5.73 Å². The van der Waals surface area contributed by atoms with Crippen molar-refractivity contribution in [2.75, 3.05) is 6.54 Å². The number of aryl methyl sites for hydroxylation is 1. The van der Waals surface area contributed by atoms with Crippen LogP contribution in [0, 0.1) is 0 Å². The normalized spacial score (nSPS) is 18.2. The van der Waals surface area contributed by atoms with Crippen LogP contribution in [0.15, 0.2) is 24.4 Å². The molecule has 0 radical (unpaired) electrons. The second-order valence-electron chi connectivity index (χ2n) is 6.74. The summed E-state index contributed by atoms with van der Waals surface area (Å²) in [6.07, 6.45) is 7.46. The number of para-hydroxylation sites is 1. The quantitative estimate of drug-likeness (QED) is 0.895. The third-order valence-electron chi connectivity index (χ3n) is 5.18. The molecule has 1 fully saturated rings. The van der Waals surface area contributed by atoms with E-state index < -0.39 is 0 Å². The van der Waals surface area contributed by atoms with Gasteiger partial charge in [-0.15, -0.1) is 0 Å². The van der Waals surface area contributed by atoms with Gasteiger partial charge in [0.15, 0.2) is 0 Å². The highest BCUT2D eigenvalue weighted by molar-refractivity contribution is 5.88. The number of fused-ring (bicyclic) bond motifs is 1. The number of hydrogen-bond donors (Lipinski definition) is 1. The molecule has 1 aromatic carbocycles. The van der Waals surface area contributed by atoms with Gasteiger partial charge >= 0.3 is 0 Å². The molecule has 1 aliphatic carbocycles. The van der Waals surface area contributed by atoms with E-state index in [1.54, 1.807) is 0 Å². The van der Waals surface area contributed by atoms with Crippen LogP contribution in [0.4, 0.5) is 0 Å². The lowest BCUT2D eigenvalue weighted by Gasteiger charge is -2.27. The van der Waals surface area contributed by atoms with E-state index in [2.05, 4.69) is 49.9 Å². The van der Waals surface area contributed by atoms with Crippen LogP contribution in [0.1, 0.15) is 56.6 Å². The van der Waals surface area contributed by atoms with Gasteiger partial charge in [0.05, 0.1) is 5.52 Å². The molecule has 0 amide bonds. The predicted octanol–water partition coefficient (Wildman–Crippen LogP) is 4.07. The average Bonchev–Trinajstić information content (AvgIpc) is 3.04. The first kappa shape index (κ1) is 13.7. The zero-order chi connectivity index (χ0) is 14.3. The van der Waals surface area contributed by atoms with Crippen LogP contribution in [0.25, 0.3) is 10.9 Å². The minimum absolute atomic E-state index is 0.217.